The standard InChI is InChI=1S/C20H18ClFN2O3/c1-12-9-18(20(25)26)23-24(12)13(2)17-10-15(21)5-8-19(17)27-11-14-3-6-16(22)7-4-14/h3-10,13H,11H2,1-2H3,(H,25,26). The molecule has 0 radical (unpaired) electrons. The van der Waals surface area contributed by atoms with E-state index in [9.17, 15) is 9.18 Å². The lowest BCUT2D eigenvalue weighted by Gasteiger charge is -2.19. The summed E-state index contributed by atoms with van der Waals surface area (Å²) in [5, 5.41) is 13.9. The zero-order valence-electron chi connectivity index (χ0n) is 14.8. The summed E-state index contributed by atoms with van der Waals surface area (Å²) in [5.74, 6) is -0.783. The molecule has 1 N–H and O–H groups in total. The van der Waals surface area contributed by atoms with Gasteiger partial charge in [0.05, 0.1) is 6.04 Å². The lowest BCUT2D eigenvalue weighted by atomic mass is 10.1. The van der Waals surface area contributed by atoms with Crippen LogP contribution in [0.15, 0.2) is 48.5 Å². The maximum Gasteiger partial charge on any atom is 0.356 e. The van der Waals surface area contributed by atoms with Gasteiger partial charge in [-0.3, -0.25) is 4.68 Å². The van der Waals surface area contributed by atoms with Gasteiger partial charge in [-0.25, -0.2) is 9.18 Å². The molecule has 3 rings (SSSR count). The van der Waals surface area contributed by atoms with E-state index in [1.165, 1.54) is 18.2 Å². The lowest BCUT2D eigenvalue weighted by molar-refractivity contribution is 0.0689. The number of ether oxygens (including phenoxy) is 1. The molecule has 1 atom stereocenters. The first kappa shape index (κ1) is 18.9. The van der Waals surface area contributed by atoms with Crippen LogP contribution in [0.25, 0.3) is 0 Å². The molecule has 0 saturated heterocycles. The van der Waals surface area contributed by atoms with E-state index < -0.39 is 5.97 Å². The van der Waals surface area contributed by atoms with Crippen molar-refractivity contribution in [3.63, 3.8) is 0 Å². The Morgan fingerprint density at radius 3 is 2.59 bits per heavy atom. The second-order valence-electron chi connectivity index (χ2n) is 6.19. The van der Waals surface area contributed by atoms with E-state index in [0.717, 1.165) is 11.1 Å². The number of aromatic carboxylic acids is 1. The number of hydrogen-bond acceptors (Lipinski definition) is 3. The van der Waals surface area contributed by atoms with Gasteiger partial charge >= 0.3 is 5.97 Å². The summed E-state index contributed by atoms with van der Waals surface area (Å²) < 4.78 is 20.6. The maximum atomic E-state index is 13.0. The van der Waals surface area contributed by atoms with Crippen molar-refractivity contribution in [1.29, 1.82) is 0 Å². The Morgan fingerprint density at radius 2 is 1.96 bits per heavy atom. The molecule has 0 aliphatic rings. The van der Waals surface area contributed by atoms with Gasteiger partial charge in [-0.05, 0) is 55.8 Å². The van der Waals surface area contributed by atoms with Gasteiger partial charge in [0.15, 0.2) is 5.69 Å². The van der Waals surface area contributed by atoms with Crippen LogP contribution in [-0.2, 0) is 6.61 Å². The highest BCUT2D eigenvalue weighted by atomic mass is 35.5. The summed E-state index contributed by atoms with van der Waals surface area (Å²) >= 11 is 6.16. The van der Waals surface area contributed by atoms with Crippen LogP contribution >= 0.6 is 11.6 Å². The van der Waals surface area contributed by atoms with Crippen LogP contribution in [0.2, 0.25) is 5.02 Å². The second kappa shape index (κ2) is 7.80. The molecule has 5 nitrogen and oxygen atoms in total. The van der Waals surface area contributed by atoms with Crippen molar-refractivity contribution in [2.75, 3.05) is 0 Å². The summed E-state index contributed by atoms with van der Waals surface area (Å²) in [7, 11) is 0. The highest BCUT2D eigenvalue weighted by molar-refractivity contribution is 6.30. The van der Waals surface area contributed by atoms with Crippen molar-refractivity contribution in [1.82, 2.24) is 9.78 Å². The Morgan fingerprint density at radius 1 is 1.26 bits per heavy atom. The molecule has 0 aliphatic heterocycles. The molecule has 0 spiro atoms. The SMILES string of the molecule is Cc1cc(C(=O)O)nn1C(C)c1cc(Cl)ccc1OCc1ccc(F)cc1. The van der Waals surface area contributed by atoms with Crippen molar-refractivity contribution >= 4 is 17.6 Å². The van der Waals surface area contributed by atoms with Crippen molar-refractivity contribution < 1.29 is 19.0 Å². The molecular formula is C20H18ClFN2O3. The third-order valence-corrected chi connectivity index (χ3v) is 4.47. The second-order valence-corrected chi connectivity index (χ2v) is 6.63. The fourth-order valence-corrected chi connectivity index (χ4v) is 3.02. The fourth-order valence-electron chi connectivity index (χ4n) is 2.84. The number of carboxylic acids is 1. The topological polar surface area (TPSA) is 64.3 Å². The summed E-state index contributed by atoms with van der Waals surface area (Å²) in [4.78, 5) is 11.2. The lowest BCUT2D eigenvalue weighted by Crippen LogP contribution is -2.13. The first-order valence-electron chi connectivity index (χ1n) is 8.31. The molecule has 1 heterocycles. The average molecular weight is 389 g/mol. The normalized spacial score (nSPS) is 12.0. The van der Waals surface area contributed by atoms with Gasteiger partial charge < -0.3 is 9.84 Å². The molecule has 0 amide bonds. The Labute approximate surface area is 161 Å². The quantitative estimate of drug-likeness (QED) is 0.654. The smallest absolute Gasteiger partial charge is 0.356 e. The first-order valence-corrected chi connectivity index (χ1v) is 8.69. The average Bonchev–Trinajstić information content (AvgIpc) is 3.03. The number of aromatic nitrogens is 2. The third-order valence-electron chi connectivity index (χ3n) is 4.24. The monoisotopic (exact) mass is 388 g/mol. The van der Waals surface area contributed by atoms with Crippen molar-refractivity contribution in [2.45, 2.75) is 26.5 Å². The molecule has 3 aromatic rings. The van der Waals surface area contributed by atoms with E-state index in [-0.39, 0.29) is 24.2 Å². The minimum absolute atomic E-state index is 0.0184. The molecule has 7 heteroatoms. The number of aryl methyl sites for hydroxylation is 1. The van der Waals surface area contributed by atoms with E-state index >= 15 is 0 Å². The Balaban J connectivity index is 1.89. The van der Waals surface area contributed by atoms with Gasteiger partial charge in [0.25, 0.3) is 0 Å². The summed E-state index contributed by atoms with van der Waals surface area (Å²) in [6, 6.07) is 12.5. The van der Waals surface area contributed by atoms with Gasteiger partial charge in [0.1, 0.15) is 18.2 Å². The van der Waals surface area contributed by atoms with Gasteiger partial charge in [-0.15, -0.1) is 0 Å². The number of nitrogens with zero attached hydrogens (tertiary/aromatic N) is 2. The first-order chi connectivity index (χ1) is 12.8. The molecule has 0 saturated carbocycles. The van der Waals surface area contributed by atoms with Gasteiger partial charge in [0, 0.05) is 16.3 Å². The predicted molar refractivity (Wildman–Crippen MR) is 99.9 cm³/mol. The zero-order chi connectivity index (χ0) is 19.6. The van der Waals surface area contributed by atoms with Gasteiger partial charge in [-0.2, -0.15) is 5.10 Å². The zero-order valence-corrected chi connectivity index (χ0v) is 15.6. The Kier molecular flexibility index (Phi) is 5.46. The minimum atomic E-state index is -1.08. The number of carbonyl (C=O) groups is 1. The summed E-state index contributed by atoms with van der Waals surface area (Å²) in [6.07, 6.45) is 0. The molecule has 1 unspecified atom stereocenters. The van der Waals surface area contributed by atoms with E-state index in [4.69, 9.17) is 21.4 Å². The number of benzene rings is 2. The predicted octanol–water partition coefficient (Wildman–Crippen LogP) is 4.87. The number of carboxylic acid groups (broad SMARTS) is 1. The van der Waals surface area contributed by atoms with E-state index in [0.29, 0.717) is 16.5 Å². The highest BCUT2D eigenvalue weighted by Crippen LogP contribution is 2.32. The van der Waals surface area contributed by atoms with Crippen molar-refractivity contribution in [3.05, 3.63) is 81.9 Å². The minimum Gasteiger partial charge on any atom is -0.489 e. The van der Waals surface area contributed by atoms with Crippen LogP contribution in [0.1, 0.15) is 40.3 Å². The third kappa shape index (κ3) is 4.28. The Bertz CT molecular complexity index is 970. The summed E-state index contributed by atoms with van der Waals surface area (Å²) in [5.41, 5.74) is 2.29. The van der Waals surface area contributed by atoms with E-state index in [1.807, 2.05) is 6.92 Å². The Hall–Kier alpha value is -2.86. The van der Waals surface area contributed by atoms with E-state index in [2.05, 4.69) is 5.10 Å². The molecule has 0 aliphatic carbocycles. The van der Waals surface area contributed by atoms with Gasteiger partial charge in [-0.1, -0.05) is 23.7 Å². The van der Waals surface area contributed by atoms with Crippen LogP contribution in [0.5, 0.6) is 5.75 Å². The molecule has 0 fully saturated rings. The number of halogens is 2. The van der Waals surface area contributed by atoms with Crippen LogP contribution in [0, 0.1) is 12.7 Å². The largest absolute Gasteiger partial charge is 0.489 e. The molecule has 27 heavy (non-hydrogen) atoms. The van der Waals surface area contributed by atoms with Crippen LogP contribution in [0.4, 0.5) is 4.39 Å². The molecule has 140 valence electrons. The van der Waals surface area contributed by atoms with Crippen molar-refractivity contribution in [2.24, 2.45) is 0 Å². The van der Waals surface area contributed by atoms with Crippen LogP contribution < -0.4 is 4.74 Å². The van der Waals surface area contributed by atoms with E-state index in [1.54, 1.807) is 41.9 Å². The maximum absolute atomic E-state index is 13.0. The number of hydrogen-bond donors (Lipinski definition) is 1. The highest BCUT2D eigenvalue weighted by Gasteiger charge is 2.19. The van der Waals surface area contributed by atoms with Crippen LogP contribution in [-0.4, -0.2) is 20.9 Å². The van der Waals surface area contributed by atoms with Crippen molar-refractivity contribution in [3.8, 4) is 5.75 Å². The van der Waals surface area contributed by atoms with Gasteiger partial charge in [0.2, 0.25) is 0 Å². The molecule has 0 bridgehead atoms. The fraction of sp³-hybridized carbons (Fsp3) is 0.200. The summed E-state index contributed by atoms with van der Waals surface area (Å²) in [6.45, 7) is 3.95. The van der Waals surface area contributed by atoms with Crippen LogP contribution in [0.3, 0.4) is 0 Å². The number of rotatable bonds is 6. The molecular weight excluding hydrogens is 371 g/mol. The molecule has 2 aromatic carbocycles. The molecule has 1 aromatic heterocycles.